The Kier molecular flexibility index (Phi) is 4.89. The van der Waals surface area contributed by atoms with E-state index in [1.807, 2.05) is 32.0 Å². The van der Waals surface area contributed by atoms with E-state index in [-0.39, 0.29) is 17.9 Å². The van der Waals surface area contributed by atoms with E-state index in [1.54, 1.807) is 13.8 Å². The minimum atomic E-state index is -1.08. The van der Waals surface area contributed by atoms with Crippen LogP contribution in [0.1, 0.15) is 50.7 Å². The molecule has 0 unspecified atom stereocenters. The van der Waals surface area contributed by atoms with Crippen molar-refractivity contribution in [1.82, 2.24) is 5.32 Å². The number of carbonyl (C=O) groups excluding carboxylic acids is 2. The van der Waals surface area contributed by atoms with Crippen molar-refractivity contribution in [2.75, 3.05) is 5.32 Å². The van der Waals surface area contributed by atoms with E-state index in [1.165, 1.54) is 0 Å². The zero-order valence-corrected chi connectivity index (χ0v) is 14.0. The molecule has 120 valence electrons. The molecule has 2 amide bonds. The molecule has 1 aromatic carbocycles. The van der Waals surface area contributed by atoms with E-state index in [4.69, 9.17) is 0 Å². The number of benzene rings is 1. The topological polar surface area (TPSA) is 58.2 Å². The highest BCUT2D eigenvalue weighted by atomic mass is 16.2. The monoisotopic (exact) mass is 302 g/mol. The summed E-state index contributed by atoms with van der Waals surface area (Å²) in [7, 11) is 0. The molecule has 2 N–H and O–H groups in total. The Morgan fingerprint density at radius 1 is 1.09 bits per heavy atom. The predicted octanol–water partition coefficient (Wildman–Crippen LogP) is 3.33. The molecule has 1 fully saturated rings. The van der Waals surface area contributed by atoms with Crippen molar-refractivity contribution in [2.45, 2.75) is 59.4 Å². The average molecular weight is 302 g/mol. The summed E-state index contributed by atoms with van der Waals surface area (Å²) in [5, 5.41) is 5.91. The second-order valence-electron chi connectivity index (χ2n) is 6.85. The van der Waals surface area contributed by atoms with E-state index in [0.717, 1.165) is 42.5 Å². The third-order valence-corrected chi connectivity index (χ3v) is 4.47. The Hall–Kier alpha value is -1.84. The highest BCUT2D eigenvalue weighted by Crippen LogP contribution is 2.24. The van der Waals surface area contributed by atoms with E-state index in [2.05, 4.69) is 10.6 Å². The van der Waals surface area contributed by atoms with Gasteiger partial charge in [-0.05, 0) is 57.7 Å². The molecule has 22 heavy (non-hydrogen) atoms. The van der Waals surface area contributed by atoms with Gasteiger partial charge in [-0.25, -0.2) is 0 Å². The van der Waals surface area contributed by atoms with Crippen molar-refractivity contribution in [2.24, 2.45) is 5.41 Å². The van der Waals surface area contributed by atoms with Gasteiger partial charge in [0.25, 0.3) is 0 Å². The van der Waals surface area contributed by atoms with Gasteiger partial charge >= 0.3 is 0 Å². The SMILES string of the molecule is Cc1ccc(C)c(NC(=O)C(C)(C)C(=O)NC2CCCC2)c1. The van der Waals surface area contributed by atoms with Crippen LogP contribution in [0.4, 0.5) is 5.69 Å². The molecule has 2 rings (SSSR count). The minimum Gasteiger partial charge on any atom is -0.352 e. The Balaban J connectivity index is 2.05. The Morgan fingerprint density at radius 2 is 1.73 bits per heavy atom. The van der Waals surface area contributed by atoms with Crippen LogP contribution < -0.4 is 10.6 Å². The lowest BCUT2D eigenvalue weighted by Crippen LogP contribution is -2.48. The van der Waals surface area contributed by atoms with Crippen LogP contribution in [0.5, 0.6) is 0 Å². The third-order valence-electron chi connectivity index (χ3n) is 4.47. The third kappa shape index (κ3) is 3.67. The van der Waals surface area contributed by atoms with Gasteiger partial charge in [0.15, 0.2) is 0 Å². The molecule has 0 radical (unpaired) electrons. The van der Waals surface area contributed by atoms with Crippen LogP contribution in [0.3, 0.4) is 0 Å². The first-order valence-corrected chi connectivity index (χ1v) is 8.00. The highest BCUT2D eigenvalue weighted by Gasteiger charge is 2.37. The molecule has 0 atom stereocenters. The lowest BCUT2D eigenvalue weighted by atomic mass is 9.90. The van der Waals surface area contributed by atoms with Crippen LogP contribution in [0.25, 0.3) is 0 Å². The number of rotatable bonds is 4. The Labute approximate surface area is 132 Å². The number of hydrogen-bond acceptors (Lipinski definition) is 2. The molecule has 0 aromatic heterocycles. The summed E-state index contributed by atoms with van der Waals surface area (Å²) >= 11 is 0. The standard InChI is InChI=1S/C18H26N2O2/c1-12-9-10-13(2)15(11-12)20-17(22)18(3,4)16(21)19-14-7-5-6-8-14/h9-11,14H,5-8H2,1-4H3,(H,19,21)(H,20,22). The number of aryl methyl sites for hydroxylation is 2. The number of anilines is 1. The first kappa shape index (κ1) is 16.5. The largest absolute Gasteiger partial charge is 0.352 e. The second kappa shape index (κ2) is 6.51. The lowest BCUT2D eigenvalue weighted by Gasteiger charge is -2.25. The van der Waals surface area contributed by atoms with Crippen molar-refractivity contribution in [3.63, 3.8) is 0 Å². The number of carbonyl (C=O) groups is 2. The number of nitrogens with one attached hydrogen (secondary N) is 2. The van der Waals surface area contributed by atoms with E-state index in [0.29, 0.717) is 0 Å². The van der Waals surface area contributed by atoms with E-state index in [9.17, 15) is 9.59 Å². The van der Waals surface area contributed by atoms with E-state index >= 15 is 0 Å². The van der Waals surface area contributed by atoms with Gasteiger partial charge < -0.3 is 10.6 Å². The van der Waals surface area contributed by atoms with Crippen LogP contribution in [-0.4, -0.2) is 17.9 Å². The van der Waals surface area contributed by atoms with Gasteiger partial charge in [-0.1, -0.05) is 25.0 Å². The van der Waals surface area contributed by atoms with Crippen molar-refractivity contribution < 1.29 is 9.59 Å². The molecule has 0 aliphatic heterocycles. The first-order valence-electron chi connectivity index (χ1n) is 8.00. The molecule has 1 aliphatic carbocycles. The van der Waals surface area contributed by atoms with Gasteiger partial charge in [-0.15, -0.1) is 0 Å². The molecule has 4 nitrogen and oxygen atoms in total. The van der Waals surface area contributed by atoms with Crippen molar-refractivity contribution in [1.29, 1.82) is 0 Å². The average Bonchev–Trinajstić information content (AvgIpc) is 2.95. The van der Waals surface area contributed by atoms with E-state index < -0.39 is 5.41 Å². The summed E-state index contributed by atoms with van der Waals surface area (Å²) in [6, 6.07) is 6.12. The van der Waals surface area contributed by atoms with Gasteiger partial charge in [-0.3, -0.25) is 9.59 Å². The molecule has 0 saturated heterocycles. The van der Waals surface area contributed by atoms with Gasteiger partial charge in [0, 0.05) is 11.7 Å². The van der Waals surface area contributed by atoms with Crippen LogP contribution >= 0.6 is 0 Å². The Morgan fingerprint density at radius 3 is 2.36 bits per heavy atom. The summed E-state index contributed by atoms with van der Waals surface area (Å²) in [5.41, 5.74) is 1.76. The van der Waals surface area contributed by atoms with Crippen molar-refractivity contribution in [3.05, 3.63) is 29.3 Å². The maximum absolute atomic E-state index is 12.5. The van der Waals surface area contributed by atoms with Crippen LogP contribution in [-0.2, 0) is 9.59 Å². The second-order valence-corrected chi connectivity index (χ2v) is 6.85. The first-order chi connectivity index (χ1) is 10.3. The molecule has 1 aliphatic rings. The maximum atomic E-state index is 12.5. The van der Waals surface area contributed by atoms with Crippen LogP contribution in [0, 0.1) is 19.3 Å². The molecular formula is C18H26N2O2. The van der Waals surface area contributed by atoms with Gasteiger partial charge in [-0.2, -0.15) is 0 Å². The lowest BCUT2D eigenvalue weighted by molar-refractivity contribution is -0.138. The van der Waals surface area contributed by atoms with Crippen molar-refractivity contribution >= 4 is 17.5 Å². The van der Waals surface area contributed by atoms with Gasteiger partial charge in [0.2, 0.25) is 11.8 Å². The fraction of sp³-hybridized carbons (Fsp3) is 0.556. The number of amides is 2. The quantitative estimate of drug-likeness (QED) is 0.838. The zero-order chi connectivity index (χ0) is 16.3. The fourth-order valence-corrected chi connectivity index (χ4v) is 2.69. The number of hydrogen-bond donors (Lipinski definition) is 2. The van der Waals surface area contributed by atoms with Gasteiger partial charge in [0.1, 0.15) is 5.41 Å². The zero-order valence-electron chi connectivity index (χ0n) is 14.0. The molecular weight excluding hydrogens is 276 g/mol. The van der Waals surface area contributed by atoms with Crippen LogP contribution in [0.2, 0.25) is 0 Å². The Bertz CT molecular complexity index is 572. The normalized spacial score (nSPS) is 15.6. The molecule has 0 spiro atoms. The summed E-state index contributed by atoms with van der Waals surface area (Å²) in [6.45, 7) is 7.28. The molecule has 4 heteroatoms. The summed E-state index contributed by atoms with van der Waals surface area (Å²) in [5.74, 6) is -0.459. The molecule has 0 heterocycles. The summed E-state index contributed by atoms with van der Waals surface area (Å²) in [6.07, 6.45) is 4.33. The highest BCUT2D eigenvalue weighted by molar-refractivity contribution is 6.10. The van der Waals surface area contributed by atoms with Crippen molar-refractivity contribution in [3.8, 4) is 0 Å². The smallest absolute Gasteiger partial charge is 0.239 e. The van der Waals surface area contributed by atoms with Crippen LogP contribution in [0.15, 0.2) is 18.2 Å². The minimum absolute atomic E-state index is 0.192. The maximum Gasteiger partial charge on any atom is 0.239 e. The summed E-state index contributed by atoms with van der Waals surface area (Å²) in [4.78, 5) is 25.0. The fourth-order valence-electron chi connectivity index (χ4n) is 2.69. The molecule has 0 bridgehead atoms. The molecule has 1 saturated carbocycles. The molecule has 1 aromatic rings. The summed E-state index contributed by atoms with van der Waals surface area (Å²) < 4.78 is 0. The predicted molar refractivity (Wildman–Crippen MR) is 88.7 cm³/mol. The van der Waals surface area contributed by atoms with Gasteiger partial charge in [0.05, 0.1) is 0 Å².